The van der Waals surface area contributed by atoms with E-state index in [0.717, 1.165) is 12.8 Å². The monoisotopic (exact) mass is 414 g/mol. The van der Waals surface area contributed by atoms with Crippen molar-refractivity contribution in [3.63, 3.8) is 0 Å². The van der Waals surface area contributed by atoms with E-state index in [2.05, 4.69) is 41.5 Å². The lowest BCUT2D eigenvalue weighted by atomic mass is 9.43. The number of allylic oxidation sites excluding steroid dienone is 3. The first-order chi connectivity index (χ1) is 13.9. The first kappa shape index (κ1) is 22.1. The Kier molecular flexibility index (Phi) is 5.13. The lowest BCUT2D eigenvalue weighted by Crippen LogP contribution is -2.55. The molecule has 4 aliphatic carbocycles. The Morgan fingerprint density at radius 1 is 1.00 bits per heavy atom. The molecule has 4 aliphatic rings. The Labute approximate surface area is 183 Å². The maximum Gasteiger partial charge on any atom is 0.327 e. The van der Waals surface area contributed by atoms with Crippen LogP contribution in [0.4, 0.5) is 0 Å². The van der Waals surface area contributed by atoms with E-state index in [1.807, 2.05) is 6.08 Å². The van der Waals surface area contributed by atoms with Gasteiger partial charge in [-0.25, -0.2) is 4.79 Å². The van der Waals surface area contributed by atoms with E-state index in [1.54, 1.807) is 11.1 Å². The van der Waals surface area contributed by atoms with Gasteiger partial charge in [0.15, 0.2) is 0 Å². The summed E-state index contributed by atoms with van der Waals surface area (Å²) >= 11 is 0. The predicted octanol–water partition coefficient (Wildman–Crippen LogP) is 6.37. The average Bonchev–Trinajstić information content (AvgIpc) is 2.95. The largest absolute Gasteiger partial charge is 0.478 e. The van der Waals surface area contributed by atoms with Gasteiger partial charge in [-0.05, 0) is 90.8 Å². The zero-order valence-corrected chi connectivity index (χ0v) is 19.9. The maximum atomic E-state index is 11.1. The average molecular weight is 415 g/mol. The molecule has 0 aromatic heterocycles. The molecule has 30 heavy (non-hydrogen) atoms. The lowest BCUT2D eigenvalue weighted by Gasteiger charge is -2.62. The molecule has 2 N–H and O–H groups in total. The van der Waals surface area contributed by atoms with Crippen LogP contribution in [0.1, 0.15) is 92.9 Å². The van der Waals surface area contributed by atoms with E-state index in [9.17, 15) is 9.90 Å². The molecule has 7 unspecified atom stereocenters. The van der Waals surface area contributed by atoms with Crippen molar-refractivity contribution >= 4 is 5.97 Å². The molecule has 0 amide bonds. The molecule has 168 valence electrons. The second-order valence-electron chi connectivity index (χ2n) is 12.3. The van der Waals surface area contributed by atoms with Crippen LogP contribution in [-0.4, -0.2) is 22.3 Å². The highest BCUT2D eigenvalue weighted by atomic mass is 16.4. The fourth-order valence-electron chi connectivity index (χ4n) is 8.93. The molecular formula is C27H42O3. The Bertz CT molecular complexity index is 792. The molecule has 4 rings (SSSR count). The summed E-state index contributed by atoms with van der Waals surface area (Å²) in [5, 5.41) is 19.8. The van der Waals surface area contributed by atoms with Crippen LogP contribution in [0.3, 0.4) is 0 Å². The van der Waals surface area contributed by atoms with Gasteiger partial charge in [0.2, 0.25) is 0 Å². The highest BCUT2D eigenvalue weighted by molar-refractivity contribution is 5.79. The van der Waals surface area contributed by atoms with Crippen molar-refractivity contribution in [2.24, 2.45) is 39.4 Å². The standard InChI is InChI=1S/C27H42O3/c1-17(7-10-23(29)30)18-11-15-27(6)20-8-9-21-24(2,3)22(28)13-14-25(21,4)19(20)12-16-26(18,27)5/h7,10,17-18,21-22,28H,8-9,11-16H2,1-6H3,(H,29,30). The van der Waals surface area contributed by atoms with Crippen molar-refractivity contribution in [2.45, 2.75) is 99.0 Å². The SMILES string of the molecule is CC(C=CC(=O)O)C1CCC2(C)C3=C(CCC12C)C1(C)CCC(O)C(C)(C)C1CC3. The molecule has 0 aromatic rings. The molecule has 2 fully saturated rings. The third-order valence-electron chi connectivity index (χ3n) is 11.0. The van der Waals surface area contributed by atoms with Crippen LogP contribution in [0, 0.1) is 39.4 Å². The molecule has 2 saturated carbocycles. The number of carboxylic acid groups (broad SMARTS) is 1. The van der Waals surface area contributed by atoms with Crippen molar-refractivity contribution in [1.82, 2.24) is 0 Å². The van der Waals surface area contributed by atoms with Crippen molar-refractivity contribution in [2.75, 3.05) is 0 Å². The summed E-state index contributed by atoms with van der Waals surface area (Å²) < 4.78 is 0. The molecule has 0 spiro atoms. The molecule has 0 radical (unpaired) electrons. The van der Waals surface area contributed by atoms with Gasteiger partial charge in [-0.3, -0.25) is 0 Å². The molecule has 0 aliphatic heterocycles. The number of aliphatic hydroxyl groups is 1. The van der Waals surface area contributed by atoms with Gasteiger partial charge < -0.3 is 10.2 Å². The van der Waals surface area contributed by atoms with E-state index in [1.165, 1.54) is 44.6 Å². The van der Waals surface area contributed by atoms with Crippen LogP contribution in [0.2, 0.25) is 0 Å². The Morgan fingerprint density at radius 3 is 2.37 bits per heavy atom. The Morgan fingerprint density at radius 2 is 1.70 bits per heavy atom. The van der Waals surface area contributed by atoms with Crippen molar-refractivity contribution < 1.29 is 15.0 Å². The Hall–Kier alpha value is -1.09. The van der Waals surface area contributed by atoms with E-state index >= 15 is 0 Å². The van der Waals surface area contributed by atoms with Gasteiger partial charge in [0.25, 0.3) is 0 Å². The summed E-state index contributed by atoms with van der Waals surface area (Å²) in [6, 6.07) is 0. The van der Waals surface area contributed by atoms with Crippen LogP contribution in [0.15, 0.2) is 23.3 Å². The molecule has 0 aromatic carbocycles. The minimum Gasteiger partial charge on any atom is -0.478 e. The number of aliphatic carboxylic acids is 1. The molecule has 3 nitrogen and oxygen atoms in total. The number of carbonyl (C=O) groups is 1. The van der Waals surface area contributed by atoms with Crippen molar-refractivity contribution in [3.05, 3.63) is 23.3 Å². The number of hydrogen-bond donors (Lipinski definition) is 2. The number of aliphatic hydroxyl groups excluding tert-OH is 1. The van der Waals surface area contributed by atoms with Gasteiger partial charge in [-0.2, -0.15) is 0 Å². The summed E-state index contributed by atoms with van der Waals surface area (Å²) in [6.45, 7) is 14.3. The molecule has 0 saturated heterocycles. The Balaban J connectivity index is 1.72. The summed E-state index contributed by atoms with van der Waals surface area (Å²) in [5.41, 5.74) is 4.17. The zero-order valence-electron chi connectivity index (χ0n) is 19.9. The lowest BCUT2D eigenvalue weighted by molar-refractivity contribution is -0.131. The van der Waals surface area contributed by atoms with Gasteiger partial charge in [0.1, 0.15) is 0 Å². The minimum absolute atomic E-state index is 0.0124. The van der Waals surface area contributed by atoms with Crippen LogP contribution in [-0.2, 0) is 4.79 Å². The van der Waals surface area contributed by atoms with E-state index < -0.39 is 5.97 Å². The third-order valence-corrected chi connectivity index (χ3v) is 11.0. The number of carboxylic acids is 1. The highest BCUT2D eigenvalue weighted by Crippen LogP contribution is 2.72. The number of hydrogen-bond acceptors (Lipinski definition) is 2. The quantitative estimate of drug-likeness (QED) is 0.416. The number of rotatable bonds is 3. The first-order valence-electron chi connectivity index (χ1n) is 12.2. The van der Waals surface area contributed by atoms with Gasteiger partial charge in [0, 0.05) is 6.08 Å². The predicted molar refractivity (Wildman–Crippen MR) is 121 cm³/mol. The van der Waals surface area contributed by atoms with Crippen LogP contribution in [0.25, 0.3) is 0 Å². The van der Waals surface area contributed by atoms with Crippen LogP contribution >= 0.6 is 0 Å². The summed E-state index contributed by atoms with van der Waals surface area (Å²) in [5.74, 6) is 0.567. The van der Waals surface area contributed by atoms with Crippen molar-refractivity contribution in [1.29, 1.82) is 0 Å². The third kappa shape index (κ3) is 2.83. The van der Waals surface area contributed by atoms with Gasteiger partial charge in [0.05, 0.1) is 6.10 Å². The molecule has 0 bridgehead atoms. The van der Waals surface area contributed by atoms with Gasteiger partial charge in [-0.15, -0.1) is 0 Å². The molecule has 7 atom stereocenters. The summed E-state index contributed by atoms with van der Waals surface area (Å²) in [4.78, 5) is 11.1. The maximum absolute atomic E-state index is 11.1. The second kappa shape index (κ2) is 6.95. The van der Waals surface area contributed by atoms with E-state index in [-0.39, 0.29) is 27.8 Å². The van der Waals surface area contributed by atoms with Crippen molar-refractivity contribution in [3.8, 4) is 0 Å². The minimum atomic E-state index is -0.838. The number of fused-ring (bicyclic) bond motifs is 4. The second-order valence-corrected chi connectivity index (χ2v) is 12.3. The zero-order chi connectivity index (χ0) is 22.1. The van der Waals surface area contributed by atoms with Crippen LogP contribution < -0.4 is 0 Å². The summed E-state index contributed by atoms with van der Waals surface area (Å²) in [6.07, 6.45) is 12.3. The van der Waals surface area contributed by atoms with Gasteiger partial charge in [-0.1, -0.05) is 58.8 Å². The van der Waals surface area contributed by atoms with Gasteiger partial charge >= 0.3 is 5.97 Å². The normalized spacial score (nSPS) is 46.3. The topological polar surface area (TPSA) is 57.5 Å². The van der Waals surface area contributed by atoms with E-state index in [0.29, 0.717) is 17.8 Å². The van der Waals surface area contributed by atoms with Crippen LogP contribution in [0.5, 0.6) is 0 Å². The van der Waals surface area contributed by atoms with E-state index in [4.69, 9.17) is 5.11 Å². The molecular weight excluding hydrogens is 372 g/mol. The fourth-order valence-corrected chi connectivity index (χ4v) is 8.93. The molecule has 3 heteroatoms. The first-order valence-corrected chi connectivity index (χ1v) is 12.2. The highest BCUT2D eigenvalue weighted by Gasteiger charge is 2.63. The summed E-state index contributed by atoms with van der Waals surface area (Å²) in [7, 11) is 0. The molecule has 0 heterocycles. The fraction of sp³-hybridized carbons (Fsp3) is 0.815. The smallest absolute Gasteiger partial charge is 0.327 e.